The third kappa shape index (κ3) is 3.29. The number of anilines is 1. The molecule has 0 amide bonds. The fraction of sp³-hybridized carbons (Fsp3) is 0.200. The van der Waals surface area contributed by atoms with Crippen LogP contribution < -0.4 is 11.1 Å². The summed E-state index contributed by atoms with van der Waals surface area (Å²) in [4.78, 5) is 4.82. The molecule has 2 rings (SSSR count). The molecule has 0 aliphatic rings. The number of nitrogens with two attached hydrogens (primary N) is 1. The SMILES string of the molecule is Cc1ccc(C(N)=S)c(NCc2ccccc2C)n1. The van der Waals surface area contributed by atoms with Gasteiger partial charge in [0.05, 0.1) is 5.56 Å². The van der Waals surface area contributed by atoms with Crippen molar-refractivity contribution in [2.24, 2.45) is 5.73 Å². The zero-order valence-corrected chi connectivity index (χ0v) is 11.9. The summed E-state index contributed by atoms with van der Waals surface area (Å²) in [6, 6.07) is 12.1. The van der Waals surface area contributed by atoms with Gasteiger partial charge in [0, 0.05) is 12.2 Å². The van der Waals surface area contributed by atoms with Crippen molar-refractivity contribution in [1.82, 2.24) is 4.98 Å². The van der Waals surface area contributed by atoms with E-state index in [1.807, 2.05) is 31.2 Å². The quantitative estimate of drug-likeness (QED) is 0.839. The number of pyridine rings is 1. The van der Waals surface area contributed by atoms with Crippen LogP contribution in [0.5, 0.6) is 0 Å². The number of hydrogen-bond acceptors (Lipinski definition) is 3. The van der Waals surface area contributed by atoms with Gasteiger partial charge in [0.1, 0.15) is 10.8 Å². The normalized spacial score (nSPS) is 10.2. The smallest absolute Gasteiger partial charge is 0.136 e. The second-order valence-electron chi connectivity index (χ2n) is 4.49. The van der Waals surface area contributed by atoms with E-state index in [0.717, 1.165) is 17.1 Å². The van der Waals surface area contributed by atoms with Gasteiger partial charge in [-0.2, -0.15) is 0 Å². The Morgan fingerprint density at radius 2 is 1.95 bits per heavy atom. The van der Waals surface area contributed by atoms with Gasteiger partial charge in [0.15, 0.2) is 0 Å². The van der Waals surface area contributed by atoms with Crippen LogP contribution in [0.25, 0.3) is 0 Å². The van der Waals surface area contributed by atoms with Gasteiger partial charge < -0.3 is 11.1 Å². The van der Waals surface area contributed by atoms with Crippen molar-refractivity contribution in [3.8, 4) is 0 Å². The molecule has 4 heteroatoms. The summed E-state index contributed by atoms with van der Waals surface area (Å²) in [5.41, 5.74) is 9.92. The molecule has 1 heterocycles. The molecule has 1 aromatic carbocycles. The first-order valence-corrected chi connectivity index (χ1v) is 6.54. The molecule has 0 spiro atoms. The maximum Gasteiger partial charge on any atom is 0.136 e. The Morgan fingerprint density at radius 3 is 2.63 bits per heavy atom. The number of nitrogens with zero attached hydrogens (tertiary/aromatic N) is 1. The predicted molar refractivity (Wildman–Crippen MR) is 83.4 cm³/mol. The first kappa shape index (κ1) is 13.5. The number of aromatic nitrogens is 1. The molecule has 0 atom stereocenters. The van der Waals surface area contributed by atoms with Gasteiger partial charge in [-0.25, -0.2) is 4.98 Å². The molecule has 0 unspecified atom stereocenters. The molecule has 3 N–H and O–H groups in total. The standard InChI is InChI=1S/C15H17N3S/c1-10-5-3-4-6-12(10)9-17-15-13(14(16)19)8-7-11(2)18-15/h3-8H,9H2,1-2H3,(H2,16,19)(H,17,18). The fourth-order valence-corrected chi connectivity index (χ4v) is 2.04. The summed E-state index contributed by atoms with van der Waals surface area (Å²) < 4.78 is 0. The van der Waals surface area contributed by atoms with Gasteiger partial charge in [0.25, 0.3) is 0 Å². The molecular formula is C15H17N3S. The summed E-state index contributed by atoms with van der Waals surface area (Å²) in [6.07, 6.45) is 0. The molecule has 0 aliphatic heterocycles. The number of thiocarbonyl (C=S) groups is 1. The van der Waals surface area contributed by atoms with Gasteiger partial charge >= 0.3 is 0 Å². The van der Waals surface area contributed by atoms with Gasteiger partial charge in [0.2, 0.25) is 0 Å². The molecule has 98 valence electrons. The third-order valence-electron chi connectivity index (χ3n) is 3.01. The summed E-state index contributed by atoms with van der Waals surface area (Å²) in [7, 11) is 0. The van der Waals surface area contributed by atoms with Gasteiger partial charge in [-0.3, -0.25) is 0 Å². The Balaban J connectivity index is 2.22. The first-order valence-electron chi connectivity index (χ1n) is 6.14. The van der Waals surface area contributed by atoms with Crippen LogP contribution in [0.1, 0.15) is 22.4 Å². The van der Waals surface area contributed by atoms with Crippen molar-refractivity contribution >= 4 is 23.0 Å². The van der Waals surface area contributed by atoms with E-state index in [1.54, 1.807) is 0 Å². The summed E-state index contributed by atoms with van der Waals surface area (Å²) in [6.45, 7) is 4.75. The molecule has 0 bridgehead atoms. The van der Waals surface area contributed by atoms with Crippen molar-refractivity contribution in [2.45, 2.75) is 20.4 Å². The molecular weight excluding hydrogens is 254 g/mol. The zero-order valence-electron chi connectivity index (χ0n) is 11.1. The highest BCUT2D eigenvalue weighted by atomic mass is 32.1. The van der Waals surface area contributed by atoms with Gasteiger partial charge in [-0.05, 0) is 37.1 Å². The Hall–Kier alpha value is -1.94. The average Bonchev–Trinajstić information content (AvgIpc) is 2.37. The Bertz CT molecular complexity index is 608. The predicted octanol–water partition coefficient (Wildman–Crippen LogP) is 2.94. The van der Waals surface area contributed by atoms with E-state index in [1.165, 1.54) is 11.1 Å². The summed E-state index contributed by atoms with van der Waals surface area (Å²) >= 11 is 5.05. The number of rotatable bonds is 4. The number of aryl methyl sites for hydroxylation is 2. The maximum absolute atomic E-state index is 5.71. The average molecular weight is 271 g/mol. The van der Waals surface area contributed by atoms with Crippen LogP contribution in [0.3, 0.4) is 0 Å². The van der Waals surface area contributed by atoms with Crippen LogP contribution in [0, 0.1) is 13.8 Å². The van der Waals surface area contributed by atoms with Crippen LogP contribution in [-0.2, 0) is 6.54 Å². The van der Waals surface area contributed by atoms with E-state index in [-0.39, 0.29) is 0 Å². The van der Waals surface area contributed by atoms with Gasteiger partial charge in [-0.15, -0.1) is 0 Å². The van der Waals surface area contributed by atoms with Gasteiger partial charge in [-0.1, -0.05) is 36.5 Å². The minimum Gasteiger partial charge on any atom is -0.389 e. The van der Waals surface area contributed by atoms with Crippen molar-refractivity contribution in [3.05, 3.63) is 58.8 Å². The number of benzene rings is 1. The number of hydrogen-bond donors (Lipinski definition) is 2. The molecule has 19 heavy (non-hydrogen) atoms. The lowest BCUT2D eigenvalue weighted by Crippen LogP contribution is -2.15. The molecule has 0 saturated heterocycles. The lowest BCUT2D eigenvalue weighted by molar-refractivity contribution is 1.07. The largest absolute Gasteiger partial charge is 0.389 e. The lowest BCUT2D eigenvalue weighted by atomic mass is 10.1. The van der Waals surface area contributed by atoms with Crippen molar-refractivity contribution in [2.75, 3.05) is 5.32 Å². The number of nitrogens with one attached hydrogen (secondary N) is 1. The monoisotopic (exact) mass is 271 g/mol. The summed E-state index contributed by atoms with van der Waals surface area (Å²) in [5, 5.41) is 3.31. The zero-order chi connectivity index (χ0) is 13.8. The van der Waals surface area contributed by atoms with Crippen LogP contribution >= 0.6 is 12.2 Å². The van der Waals surface area contributed by atoms with E-state index in [4.69, 9.17) is 18.0 Å². The minimum absolute atomic E-state index is 0.361. The lowest BCUT2D eigenvalue weighted by Gasteiger charge is -2.12. The minimum atomic E-state index is 0.361. The summed E-state index contributed by atoms with van der Waals surface area (Å²) in [5.74, 6) is 0.746. The molecule has 1 aromatic heterocycles. The van der Waals surface area contributed by atoms with Crippen molar-refractivity contribution in [3.63, 3.8) is 0 Å². The fourth-order valence-electron chi connectivity index (χ4n) is 1.88. The molecule has 3 nitrogen and oxygen atoms in total. The highest BCUT2D eigenvalue weighted by Crippen LogP contribution is 2.16. The molecule has 0 radical (unpaired) electrons. The molecule has 0 saturated carbocycles. The molecule has 2 aromatic rings. The second-order valence-corrected chi connectivity index (χ2v) is 4.93. The van der Waals surface area contributed by atoms with E-state index >= 15 is 0 Å². The van der Waals surface area contributed by atoms with Crippen molar-refractivity contribution in [1.29, 1.82) is 0 Å². The van der Waals surface area contributed by atoms with E-state index in [2.05, 4.69) is 29.4 Å². The molecule has 0 fully saturated rings. The highest BCUT2D eigenvalue weighted by Gasteiger charge is 2.07. The van der Waals surface area contributed by atoms with E-state index in [0.29, 0.717) is 11.5 Å². The second kappa shape index (κ2) is 5.80. The van der Waals surface area contributed by atoms with Crippen LogP contribution in [0.15, 0.2) is 36.4 Å². The Morgan fingerprint density at radius 1 is 1.21 bits per heavy atom. The Kier molecular flexibility index (Phi) is 4.12. The molecule has 0 aliphatic carbocycles. The topological polar surface area (TPSA) is 50.9 Å². The van der Waals surface area contributed by atoms with Crippen LogP contribution in [-0.4, -0.2) is 9.97 Å². The maximum atomic E-state index is 5.71. The Labute approximate surface area is 118 Å². The van der Waals surface area contributed by atoms with Crippen molar-refractivity contribution < 1.29 is 0 Å². The van der Waals surface area contributed by atoms with E-state index in [9.17, 15) is 0 Å². The highest BCUT2D eigenvalue weighted by molar-refractivity contribution is 7.80. The van der Waals surface area contributed by atoms with Crippen LogP contribution in [0.4, 0.5) is 5.82 Å². The van der Waals surface area contributed by atoms with Crippen LogP contribution in [0.2, 0.25) is 0 Å². The van der Waals surface area contributed by atoms with E-state index < -0.39 is 0 Å². The first-order chi connectivity index (χ1) is 9.08. The third-order valence-corrected chi connectivity index (χ3v) is 3.23.